The number of imidazole rings is 1. The van der Waals surface area contributed by atoms with Crippen LogP contribution in [-0.4, -0.2) is 35.7 Å². The van der Waals surface area contributed by atoms with Crippen LogP contribution in [-0.2, 0) is 13.0 Å². The zero-order valence-corrected chi connectivity index (χ0v) is 20.6. The number of ether oxygens (including phenoxy) is 2. The molecule has 4 rings (SSSR count). The molecule has 1 aromatic heterocycles. The smallest absolute Gasteiger partial charge is 0.251 e. The first kappa shape index (κ1) is 24.6. The summed E-state index contributed by atoms with van der Waals surface area (Å²) >= 11 is 5.88. The number of amides is 1. The Morgan fingerprint density at radius 3 is 2.46 bits per heavy atom. The molecule has 35 heavy (non-hydrogen) atoms. The Bertz CT molecular complexity index is 1240. The molecule has 1 N–H and O–H groups in total. The van der Waals surface area contributed by atoms with E-state index in [2.05, 4.69) is 16.0 Å². The summed E-state index contributed by atoms with van der Waals surface area (Å²) in [4.78, 5) is 17.1. The molecule has 0 saturated carbocycles. The lowest BCUT2D eigenvalue weighted by Gasteiger charge is -2.11. The largest absolute Gasteiger partial charge is 0.497 e. The molecule has 0 bridgehead atoms. The Balaban J connectivity index is 1.26. The first-order chi connectivity index (χ1) is 17.1. The van der Waals surface area contributed by atoms with Crippen molar-refractivity contribution >= 4 is 28.5 Å². The summed E-state index contributed by atoms with van der Waals surface area (Å²) < 4.78 is 13.4. The Morgan fingerprint density at radius 2 is 1.69 bits per heavy atom. The van der Waals surface area contributed by atoms with Crippen LogP contribution < -0.4 is 14.8 Å². The molecule has 182 valence electrons. The number of para-hydroxylation sites is 2. The first-order valence-electron chi connectivity index (χ1n) is 11.9. The standard InChI is InChI=1S/C28H30ClN3O3/c1-34-23-14-16-24(17-15-23)35-20-19-32-26-8-5-4-7-25(26)31-27(32)9-3-2-6-18-30-28(33)21-10-12-22(29)13-11-21/h4-5,7-8,10-17H,2-3,6,9,18-20H2,1H3,(H,30,33). The normalized spacial score (nSPS) is 10.9. The van der Waals surface area contributed by atoms with E-state index in [1.54, 1.807) is 31.4 Å². The average Bonchev–Trinajstić information content (AvgIpc) is 3.24. The van der Waals surface area contributed by atoms with Crippen LogP contribution in [0.5, 0.6) is 11.5 Å². The van der Waals surface area contributed by atoms with Crippen molar-refractivity contribution in [3.63, 3.8) is 0 Å². The molecule has 4 aromatic rings. The van der Waals surface area contributed by atoms with Crippen molar-refractivity contribution in [3.05, 3.63) is 89.2 Å². The molecule has 0 saturated heterocycles. The maximum absolute atomic E-state index is 12.2. The zero-order chi connectivity index (χ0) is 24.5. The maximum Gasteiger partial charge on any atom is 0.251 e. The van der Waals surface area contributed by atoms with Crippen LogP contribution in [0, 0.1) is 0 Å². The van der Waals surface area contributed by atoms with Gasteiger partial charge in [0.15, 0.2) is 0 Å². The monoisotopic (exact) mass is 491 g/mol. The predicted octanol–water partition coefficient (Wildman–Crippen LogP) is 5.92. The van der Waals surface area contributed by atoms with E-state index in [0.717, 1.165) is 60.6 Å². The van der Waals surface area contributed by atoms with Crippen molar-refractivity contribution in [1.82, 2.24) is 14.9 Å². The highest BCUT2D eigenvalue weighted by Crippen LogP contribution is 2.20. The fourth-order valence-corrected chi connectivity index (χ4v) is 4.11. The molecule has 7 heteroatoms. The van der Waals surface area contributed by atoms with Gasteiger partial charge in [0.1, 0.15) is 23.9 Å². The highest BCUT2D eigenvalue weighted by Gasteiger charge is 2.11. The number of nitrogens with one attached hydrogen (secondary N) is 1. The van der Waals surface area contributed by atoms with E-state index in [9.17, 15) is 4.79 Å². The molecular formula is C28H30ClN3O3. The molecule has 0 aliphatic carbocycles. The summed E-state index contributed by atoms with van der Waals surface area (Å²) in [7, 11) is 1.65. The van der Waals surface area contributed by atoms with Gasteiger partial charge in [0, 0.05) is 23.6 Å². The molecule has 0 aliphatic rings. The number of hydrogen-bond donors (Lipinski definition) is 1. The second-order valence-corrected chi connectivity index (χ2v) is 8.70. The number of hydrogen-bond acceptors (Lipinski definition) is 4. The highest BCUT2D eigenvalue weighted by molar-refractivity contribution is 6.30. The van der Waals surface area contributed by atoms with Gasteiger partial charge in [0.05, 0.1) is 24.7 Å². The molecule has 0 spiro atoms. The molecule has 0 aliphatic heterocycles. The summed E-state index contributed by atoms with van der Waals surface area (Å²) in [6.07, 6.45) is 3.80. The molecule has 0 fully saturated rings. The number of carbonyl (C=O) groups is 1. The number of benzene rings is 3. The topological polar surface area (TPSA) is 65.4 Å². The van der Waals surface area contributed by atoms with Gasteiger partial charge in [-0.25, -0.2) is 4.98 Å². The third-order valence-corrected chi connectivity index (χ3v) is 6.10. The fourth-order valence-electron chi connectivity index (χ4n) is 3.98. The van der Waals surface area contributed by atoms with E-state index < -0.39 is 0 Å². The minimum absolute atomic E-state index is 0.0691. The molecule has 0 atom stereocenters. The number of fused-ring (bicyclic) bond motifs is 1. The zero-order valence-electron chi connectivity index (χ0n) is 19.9. The SMILES string of the molecule is COc1ccc(OCCn2c(CCCCCNC(=O)c3ccc(Cl)cc3)nc3ccccc32)cc1. The number of nitrogens with zero attached hydrogens (tertiary/aromatic N) is 2. The number of aryl methyl sites for hydroxylation is 1. The van der Waals surface area contributed by atoms with Gasteiger partial charge in [-0.3, -0.25) is 4.79 Å². The van der Waals surface area contributed by atoms with Gasteiger partial charge >= 0.3 is 0 Å². The van der Waals surface area contributed by atoms with E-state index in [-0.39, 0.29) is 5.91 Å². The number of aromatic nitrogens is 2. The third kappa shape index (κ3) is 6.76. The molecule has 0 radical (unpaired) electrons. The molecule has 1 heterocycles. The van der Waals surface area contributed by atoms with E-state index in [0.29, 0.717) is 23.7 Å². The van der Waals surface area contributed by atoms with Crippen LogP contribution in [0.25, 0.3) is 11.0 Å². The van der Waals surface area contributed by atoms with E-state index in [1.807, 2.05) is 42.5 Å². The van der Waals surface area contributed by atoms with Crippen LogP contribution in [0.15, 0.2) is 72.8 Å². The van der Waals surface area contributed by atoms with Crippen molar-refractivity contribution in [2.75, 3.05) is 20.3 Å². The van der Waals surface area contributed by atoms with Crippen molar-refractivity contribution in [2.45, 2.75) is 32.2 Å². The molecule has 3 aromatic carbocycles. The van der Waals surface area contributed by atoms with Gasteiger partial charge in [-0.1, -0.05) is 30.2 Å². The second-order valence-electron chi connectivity index (χ2n) is 8.27. The fraction of sp³-hybridized carbons (Fsp3) is 0.286. The van der Waals surface area contributed by atoms with Crippen molar-refractivity contribution < 1.29 is 14.3 Å². The van der Waals surface area contributed by atoms with Gasteiger partial charge in [0.25, 0.3) is 5.91 Å². The van der Waals surface area contributed by atoms with Crippen LogP contribution in [0.4, 0.5) is 0 Å². The minimum Gasteiger partial charge on any atom is -0.497 e. The summed E-state index contributed by atoms with van der Waals surface area (Å²) in [6.45, 7) is 1.92. The average molecular weight is 492 g/mol. The lowest BCUT2D eigenvalue weighted by atomic mass is 10.1. The summed E-state index contributed by atoms with van der Waals surface area (Å²) in [6, 6.07) is 22.7. The Morgan fingerprint density at radius 1 is 0.943 bits per heavy atom. The van der Waals surface area contributed by atoms with Crippen LogP contribution in [0.3, 0.4) is 0 Å². The first-order valence-corrected chi connectivity index (χ1v) is 12.3. The summed E-state index contributed by atoms with van der Waals surface area (Å²) in [5.74, 6) is 2.62. The third-order valence-electron chi connectivity index (χ3n) is 5.85. The van der Waals surface area contributed by atoms with Crippen LogP contribution in [0.2, 0.25) is 5.02 Å². The van der Waals surface area contributed by atoms with E-state index in [4.69, 9.17) is 26.1 Å². The minimum atomic E-state index is -0.0691. The highest BCUT2D eigenvalue weighted by atomic mass is 35.5. The van der Waals surface area contributed by atoms with Crippen LogP contribution >= 0.6 is 11.6 Å². The quantitative estimate of drug-likeness (QED) is 0.250. The van der Waals surface area contributed by atoms with Gasteiger partial charge < -0.3 is 19.4 Å². The van der Waals surface area contributed by atoms with Gasteiger partial charge in [-0.2, -0.15) is 0 Å². The van der Waals surface area contributed by atoms with Crippen molar-refractivity contribution in [1.29, 1.82) is 0 Å². The number of unbranched alkanes of at least 4 members (excludes halogenated alkanes) is 2. The molecule has 6 nitrogen and oxygen atoms in total. The van der Waals surface area contributed by atoms with Crippen molar-refractivity contribution in [3.8, 4) is 11.5 Å². The molecular weight excluding hydrogens is 462 g/mol. The van der Waals surface area contributed by atoms with Gasteiger partial charge in [0.2, 0.25) is 0 Å². The second kappa shape index (κ2) is 12.3. The summed E-state index contributed by atoms with van der Waals surface area (Å²) in [5.41, 5.74) is 2.75. The predicted molar refractivity (Wildman–Crippen MR) is 140 cm³/mol. The van der Waals surface area contributed by atoms with Gasteiger partial charge in [-0.05, 0) is 73.5 Å². The number of methoxy groups -OCH3 is 1. The molecule has 1 amide bonds. The number of carbonyl (C=O) groups excluding carboxylic acids is 1. The lowest BCUT2D eigenvalue weighted by Crippen LogP contribution is -2.24. The van der Waals surface area contributed by atoms with E-state index in [1.165, 1.54) is 0 Å². The number of rotatable bonds is 12. The molecule has 0 unspecified atom stereocenters. The van der Waals surface area contributed by atoms with Crippen molar-refractivity contribution in [2.24, 2.45) is 0 Å². The van der Waals surface area contributed by atoms with E-state index >= 15 is 0 Å². The van der Waals surface area contributed by atoms with Crippen LogP contribution in [0.1, 0.15) is 35.4 Å². The lowest BCUT2D eigenvalue weighted by molar-refractivity contribution is 0.0953. The number of halogens is 1. The maximum atomic E-state index is 12.2. The Hall–Kier alpha value is -3.51. The Kier molecular flexibility index (Phi) is 8.63. The Labute approximate surface area is 210 Å². The summed E-state index contributed by atoms with van der Waals surface area (Å²) in [5, 5.41) is 3.60. The van der Waals surface area contributed by atoms with Gasteiger partial charge in [-0.15, -0.1) is 0 Å².